The maximum Gasteiger partial charge on any atom is 0.108 e. The fourth-order valence-electron chi connectivity index (χ4n) is 3.83. The summed E-state index contributed by atoms with van der Waals surface area (Å²) >= 11 is 1.79. The number of thiophene rings is 1. The van der Waals surface area contributed by atoms with E-state index >= 15 is 0 Å². The first kappa shape index (κ1) is 15.0. The Bertz CT molecular complexity index is 705. The van der Waals surface area contributed by atoms with Crippen LogP contribution >= 0.6 is 11.3 Å². The second-order valence-electron chi connectivity index (χ2n) is 6.99. The highest BCUT2D eigenvalue weighted by atomic mass is 32.1. The fourth-order valence-corrected chi connectivity index (χ4v) is 4.46. The van der Waals surface area contributed by atoms with Crippen LogP contribution in [0.25, 0.3) is 0 Å². The van der Waals surface area contributed by atoms with E-state index in [1.165, 1.54) is 34.8 Å². The number of amidine groups is 1. The number of fused-ring (bicyclic) bond motifs is 1. The minimum Gasteiger partial charge on any atom is -0.355 e. The lowest BCUT2D eigenvalue weighted by Crippen LogP contribution is -2.48. The lowest BCUT2D eigenvalue weighted by molar-refractivity contribution is 0.178. The zero-order chi connectivity index (χ0) is 15.9. The number of rotatable bonds is 2. The maximum absolute atomic E-state index is 5.02. The van der Waals surface area contributed by atoms with Gasteiger partial charge in [0.05, 0.1) is 12.2 Å². The molecular weight excluding hydrogens is 304 g/mol. The van der Waals surface area contributed by atoms with E-state index in [4.69, 9.17) is 4.99 Å². The molecule has 2 aromatic heterocycles. The number of aryl methyl sites for hydroxylation is 1. The van der Waals surface area contributed by atoms with Gasteiger partial charge < -0.3 is 14.8 Å². The molecule has 4 rings (SSSR count). The van der Waals surface area contributed by atoms with Gasteiger partial charge in [-0.1, -0.05) is 6.07 Å². The molecule has 0 atom stereocenters. The molecule has 2 aromatic rings. The lowest BCUT2D eigenvalue weighted by Gasteiger charge is -2.44. The molecule has 1 saturated heterocycles. The zero-order valence-electron chi connectivity index (χ0n) is 13.9. The van der Waals surface area contributed by atoms with Crippen molar-refractivity contribution in [2.24, 2.45) is 17.5 Å². The molecule has 4 nitrogen and oxygen atoms in total. The summed E-state index contributed by atoms with van der Waals surface area (Å²) in [5.41, 5.74) is 2.87. The average molecular weight is 328 g/mol. The lowest BCUT2D eigenvalue weighted by atomic mass is 9.71. The fraction of sp³-hybridized carbons (Fsp3) is 0.500. The van der Waals surface area contributed by atoms with Crippen LogP contribution in [0.2, 0.25) is 0 Å². The average Bonchev–Trinajstić information content (AvgIpc) is 3.16. The minimum atomic E-state index is 0.193. The molecule has 0 aromatic carbocycles. The number of nitrogens with zero attached hydrogens (tertiary/aromatic N) is 3. The largest absolute Gasteiger partial charge is 0.355 e. The van der Waals surface area contributed by atoms with Crippen LogP contribution in [0.5, 0.6) is 0 Å². The summed E-state index contributed by atoms with van der Waals surface area (Å²) in [6.45, 7) is 3.10. The molecule has 0 aliphatic carbocycles. The van der Waals surface area contributed by atoms with E-state index in [-0.39, 0.29) is 5.41 Å². The Morgan fingerprint density at radius 2 is 2.09 bits per heavy atom. The van der Waals surface area contributed by atoms with Gasteiger partial charge in [-0.3, -0.25) is 4.99 Å². The van der Waals surface area contributed by atoms with Crippen molar-refractivity contribution in [2.45, 2.75) is 25.8 Å². The van der Waals surface area contributed by atoms with Crippen molar-refractivity contribution in [2.75, 3.05) is 25.5 Å². The molecule has 1 spiro atoms. The number of hydrogen-bond acceptors (Lipinski definition) is 3. The van der Waals surface area contributed by atoms with Crippen molar-refractivity contribution >= 4 is 22.9 Å². The molecule has 23 heavy (non-hydrogen) atoms. The topological polar surface area (TPSA) is 32.6 Å². The zero-order valence-corrected chi connectivity index (χ0v) is 14.7. The molecule has 1 fully saturated rings. The normalized spacial score (nSPS) is 22.3. The van der Waals surface area contributed by atoms with E-state index < -0.39 is 0 Å². The first-order chi connectivity index (χ1) is 11.1. The Balaban J connectivity index is 1.66. The van der Waals surface area contributed by atoms with Crippen molar-refractivity contribution < 1.29 is 0 Å². The second-order valence-corrected chi connectivity index (χ2v) is 8.02. The molecule has 0 unspecified atom stereocenters. The summed E-state index contributed by atoms with van der Waals surface area (Å²) in [6, 6.07) is 4.28. The van der Waals surface area contributed by atoms with Gasteiger partial charge in [0.15, 0.2) is 0 Å². The molecule has 122 valence electrons. The van der Waals surface area contributed by atoms with Gasteiger partial charge in [-0.15, -0.1) is 11.3 Å². The van der Waals surface area contributed by atoms with Crippen LogP contribution in [0, 0.1) is 5.41 Å². The van der Waals surface area contributed by atoms with Gasteiger partial charge in [0.1, 0.15) is 5.84 Å². The molecule has 5 heteroatoms. The van der Waals surface area contributed by atoms with Gasteiger partial charge in [0, 0.05) is 29.7 Å². The number of nitrogens with one attached hydrogen (secondary N) is 1. The molecule has 1 N–H and O–H groups in total. The number of piperidine rings is 1. The van der Waals surface area contributed by atoms with E-state index in [2.05, 4.69) is 58.8 Å². The Morgan fingerprint density at radius 1 is 1.26 bits per heavy atom. The Kier molecular flexibility index (Phi) is 3.77. The van der Waals surface area contributed by atoms with E-state index in [1.54, 1.807) is 11.3 Å². The van der Waals surface area contributed by atoms with Gasteiger partial charge in [-0.2, -0.15) is 0 Å². The van der Waals surface area contributed by atoms with Crippen LogP contribution < -0.4 is 5.32 Å². The molecule has 0 bridgehead atoms. The maximum atomic E-state index is 5.02. The number of anilines is 1. The molecule has 2 aliphatic rings. The van der Waals surface area contributed by atoms with Crippen molar-refractivity contribution in [3.63, 3.8) is 0 Å². The number of hydrogen-bond donors (Lipinski definition) is 1. The van der Waals surface area contributed by atoms with Gasteiger partial charge in [0.25, 0.3) is 0 Å². The minimum absolute atomic E-state index is 0.193. The summed E-state index contributed by atoms with van der Waals surface area (Å²) in [5.74, 6) is 1.21. The Morgan fingerprint density at radius 3 is 2.83 bits per heavy atom. The third-order valence-electron chi connectivity index (χ3n) is 5.24. The number of likely N-dealkylation sites (tertiary alicyclic amines) is 1. The van der Waals surface area contributed by atoms with Crippen LogP contribution in [-0.4, -0.2) is 35.4 Å². The molecule has 0 radical (unpaired) electrons. The summed E-state index contributed by atoms with van der Waals surface area (Å²) in [5, 5.41) is 5.80. The predicted molar refractivity (Wildman–Crippen MR) is 97.4 cm³/mol. The molecule has 2 aliphatic heterocycles. The standard InChI is InChI=1S/C18H24N4S/c1-21-7-5-18(6-8-21)10-14-12-22(2)13-16(14)20-17(18)19-11-15-4-3-9-23-15/h3-4,9,12-13H,5-8,10-11H2,1-2H3,(H,19,20). The SMILES string of the molecule is CN1CCC2(CC1)Cc1cn(C)cc1NC2=NCc1cccs1. The first-order valence-corrected chi connectivity index (χ1v) is 9.20. The molecule has 4 heterocycles. The third kappa shape index (κ3) is 2.83. The van der Waals surface area contributed by atoms with Gasteiger partial charge in [0.2, 0.25) is 0 Å². The highest BCUT2D eigenvalue weighted by molar-refractivity contribution is 7.09. The van der Waals surface area contributed by atoms with Gasteiger partial charge >= 0.3 is 0 Å². The summed E-state index contributed by atoms with van der Waals surface area (Å²) < 4.78 is 2.16. The van der Waals surface area contributed by atoms with Gasteiger partial charge in [-0.25, -0.2) is 0 Å². The van der Waals surface area contributed by atoms with Crippen molar-refractivity contribution in [1.29, 1.82) is 0 Å². The molecule has 0 saturated carbocycles. The first-order valence-electron chi connectivity index (χ1n) is 8.32. The highest BCUT2D eigenvalue weighted by Crippen LogP contribution is 2.42. The van der Waals surface area contributed by atoms with E-state index in [0.717, 1.165) is 26.1 Å². The van der Waals surface area contributed by atoms with Crippen molar-refractivity contribution in [3.8, 4) is 0 Å². The van der Waals surface area contributed by atoms with Crippen LogP contribution in [0.1, 0.15) is 23.3 Å². The van der Waals surface area contributed by atoms with Crippen molar-refractivity contribution in [3.05, 3.63) is 40.3 Å². The van der Waals surface area contributed by atoms with Crippen LogP contribution in [0.3, 0.4) is 0 Å². The monoisotopic (exact) mass is 328 g/mol. The Labute approximate surface area is 141 Å². The Hall–Kier alpha value is -1.59. The summed E-state index contributed by atoms with van der Waals surface area (Å²) in [7, 11) is 4.32. The van der Waals surface area contributed by atoms with E-state index in [0.29, 0.717) is 0 Å². The van der Waals surface area contributed by atoms with E-state index in [9.17, 15) is 0 Å². The highest BCUT2D eigenvalue weighted by Gasteiger charge is 2.42. The molecule has 0 amide bonds. The smallest absolute Gasteiger partial charge is 0.108 e. The van der Waals surface area contributed by atoms with Crippen molar-refractivity contribution in [1.82, 2.24) is 9.47 Å². The van der Waals surface area contributed by atoms with E-state index in [1.807, 2.05) is 0 Å². The number of aromatic nitrogens is 1. The quantitative estimate of drug-likeness (QED) is 0.917. The second kappa shape index (κ2) is 5.80. The summed E-state index contributed by atoms with van der Waals surface area (Å²) in [4.78, 5) is 8.79. The molecular formula is C18H24N4S. The van der Waals surface area contributed by atoms with Gasteiger partial charge in [-0.05, 0) is 56.4 Å². The van der Waals surface area contributed by atoms with Crippen LogP contribution in [0.4, 0.5) is 5.69 Å². The number of aliphatic imine (C=N–C) groups is 1. The van der Waals surface area contributed by atoms with Crippen LogP contribution in [-0.2, 0) is 20.0 Å². The summed E-state index contributed by atoms with van der Waals surface area (Å²) in [6.07, 6.45) is 7.94. The van der Waals surface area contributed by atoms with Crippen LogP contribution in [0.15, 0.2) is 34.9 Å². The predicted octanol–water partition coefficient (Wildman–Crippen LogP) is 3.37. The third-order valence-corrected chi connectivity index (χ3v) is 6.10.